The monoisotopic (exact) mass is 196 g/mol. The second-order valence-electron chi connectivity index (χ2n) is 4.13. The molecule has 0 amide bonds. The van der Waals surface area contributed by atoms with E-state index in [9.17, 15) is 0 Å². The van der Waals surface area contributed by atoms with Gasteiger partial charge in [0.05, 0.1) is 0 Å². The molecule has 0 aromatic carbocycles. The van der Waals surface area contributed by atoms with Crippen molar-refractivity contribution in [2.45, 2.75) is 52.5 Å². The zero-order valence-corrected chi connectivity index (χ0v) is 9.84. The summed E-state index contributed by atoms with van der Waals surface area (Å²) in [6.45, 7) is 8.47. The van der Waals surface area contributed by atoms with Gasteiger partial charge in [-0.3, -0.25) is 4.90 Å². The predicted molar refractivity (Wildman–Crippen MR) is 62.1 cm³/mol. The van der Waals surface area contributed by atoms with Crippen LogP contribution in [0.15, 0.2) is 11.3 Å². The maximum Gasteiger partial charge on any atom is 0.0382 e. The first-order valence-corrected chi connectivity index (χ1v) is 5.95. The molecule has 0 bridgehead atoms. The molecular weight excluding hydrogens is 172 g/mol. The highest BCUT2D eigenvalue weighted by Gasteiger charge is 2.26. The molecule has 0 aliphatic carbocycles. The molecule has 2 aliphatic rings. The van der Waals surface area contributed by atoms with Gasteiger partial charge in [-0.25, -0.2) is 0 Å². The van der Waals surface area contributed by atoms with Gasteiger partial charge in [-0.05, 0) is 32.7 Å². The van der Waals surface area contributed by atoms with Crippen LogP contribution in [-0.2, 0) is 0 Å². The first-order chi connectivity index (χ1) is 6.77. The second-order valence-corrected chi connectivity index (χ2v) is 4.13. The molecule has 1 unspecified atom stereocenters. The molecule has 82 valence electrons. The quantitative estimate of drug-likeness (QED) is 0.645. The minimum absolute atomic E-state index is 0.811. The van der Waals surface area contributed by atoms with Gasteiger partial charge in [0.25, 0.3) is 0 Å². The van der Waals surface area contributed by atoms with Crippen molar-refractivity contribution in [2.24, 2.45) is 5.73 Å². The number of rotatable bonds is 0. The number of fused-ring (bicyclic) bond motifs is 1. The Bertz CT molecular complexity index is 186. The molecule has 2 rings (SSSR count). The van der Waals surface area contributed by atoms with E-state index in [0.29, 0.717) is 0 Å². The third kappa shape index (κ3) is 2.50. The predicted octanol–water partition coefficient (Wildman–Crippen LogP) is 2.50. The lowest BCUT2D eigenvalue weighted by molar-refractivity contribution is 0.149. The summed E-state index contributed by atoms with van der Waals surface area (Å²) >= 11 is 0. The van der Waals surface area contributed by atoms with Crippen molar-refractivity contribution >= 4 is 0 Å². The Morgan fingerprint density at radius 1 is 1.29 bits per heavy atom. The van der Waals surface area contributed by atoms with Gasteiger partial charge in [-0.2, -0.15) is 0 Å². The summed E-state index contributed by atoms with van der Waals surface area (Å²) < 4.78 is 0. The maximum absolute atomic E-state index is 5.92. The van der Waals surface area contributed by atoms with Crippen LogP contribution >= 0.6 is 0 Å². The van der Waals surface area contributed by atoms with E-state index in [0.717, 1.165) is 18.3 Å². The Morgan fingerprint density at radius 3 is 2.71 bits per heavy atom. The van der Waals surface area contributed by atoms with Crippen LogP contribution in [0.1, 0.15) is 46.5 Å². The van der Waals surface area contributed by atoms with E-state index in [-0.39, 0.29) is 0 Å². The van der Waals surface area contributed by atoms with E-state index < -0.39 is 0 Å². The normalized spacial score (nSPS) is 27.8. The highest BCUT2D eigenvalue weighted by molar-refractivity contribution is 5.16. The standard InChI is InChI=1S/C10H18N2.C2H6/c1-8-6-9-4-2-3-5-12(9)7-10(8)11;1-2/h9H,2-7,11H2,1H3;1-2H3. The molecule has 14 heavy (non-hydrogen) atoms. The van der Waals surface area contributed by atoms with Crippen molar-refractivity contribution < 1.29 is 0 Å². The number of hydrogen-bond donors (Lipinski definition) is 1. The molecule has 2 aliphatic heterocycles. The Kier molecular flexibility index (Phi) is 4.46. The summed E-state index contributed by atoms with van der Waals surface area (Å²) in [6.07, 6.45) is 5.37. The van der Waals surface area contributed by atoms with Gasteiger partial charge in [0.1, 0.15) is 0 Å². The highest BCUT2D eigenvalue weighted by atomic mass is 15.2. The average Bonchev–Trinajstić information content (AvgIpc) is 2.23. The number of nitrogens with two attached hydrogens (primary N) is 1. The molecule has 1 fully saturated rings. The van der Waals surface area contributed by atoms with Gasteiger partial charge in [0.15, 0.2) is 0 Å². The fourth-order valence-corrected chi connectivity index (χ4v) is 2.34. The minimum atomic E-state index is 0.811. The number of piperidine rings is 1. The molecule has 2 nitrogen and oxygen atoms in total. The molecule has 0 aromatic rings. The molecular formula is C12H24N2. The first kappa shape index (κ1) is 11.6. The average molecular weight is 196 g/mol. The van der Waals surface area contributed by atoms with Gasteiger partial charge >= 0.3 is 0 Å². The number of hydrogen-bond acceptors (Lipinski definition) is 2. The molecule has 2 heterocycles. The van der Waals surface area contributed by atoms with Gasteiger partial charge in [0, 0.05) is 18.3 Å². The van der Waals surface area contributed by atoms with E-state index in [1.165, 1.54) is 37.8 Å². The molecule has 0 aromatic heterocycles. The van der Waals surface area contributed by atoms with Crippen LogP contribution in [0.25, 0.3) is 0 Å². The van der Waals surface area contributed by atoms with Crippen molar-refractivity contribution in [3.05, 3.63) is 11.3 Å². The molecule has 1 saturated heterocycles. The summed E-state index contributed by atoms with van der Waals surface area (Å²) in [5.74, 6) is 0. The van der Waals surface area contributed by atoms with E-state index in [2.05, 4.69) is 11.8 Å². The van der Waals surface area contributed by atoms with Crippen molar-refractivity contribution in [2.75, 3.05) is 13.1 Å². The van der Waals surface area contributed by atoms with E-state index >= 15 is 0 Å². The van der Waals surface area contributed by atoms with Crippen molar-refractivity contribution in [1.82, 2.24) is 4.90 Å². The molecule has 0 radical (unpaired) electrons. The van der Waals surface area contributed by atoms with Crippen molar-refractivity contribution in [3.63, 3.8) is 0 Å². The zero-order valence-electron chi connectivity index (χ0n) is 9.84. The van der Waals surface area contributed by atoms with Gasteiger partial charge in [-0.1, -0.05) is 25.8 Å². The summed E-state index contributed by atoms with van der Waals surface area (Å²) in [5.41, 5.74) is 8.47. The summed E-state index contributed by atoms with van der Waals surface area (Å²) in [7, 11) is 0. The molecule has 0 saturated carbocycles. The van der Waals surface area contributed by atoms with E-state index in [1.54, 1.807) is 0 Å². The summed E-state index contributed by atoms with van der Waals surface area (Å²) in [4.78, 5) is 2.55. The maximum atomic E-state index is 5.92. The largest absolute Gasteiger partial charge is 0.401 e. The lowest BCUT2D eigenvalue weighted by Crippen LogP contribution is -2.44. The summed E-state index contributed by atoms with van der Waals surface area (Å²) in [6, 6.07) is 0.811. The fourth-order valence-electron chi connectivity index (χ4n) is 2.34. The second kappa shape index (κ2) is 5.40. The van der Waals surface area contributed by atoms with Crippen molar-refractivity contribution in [3.8, 4) is 0 Å². The number of nitrogens with zero attached hydrogens (tertiary/aromatic N) is 1. The smallest absolute Gasteiger partial charge is 0.0382 e. The van der Waals surface area contributed by atoms with Crippen LogP contribution in [0, 0.1) is 0 Å². The minimum Gasteiger partial charge on any atom is -0.401 e. The van der Waals surface area contributed by atoms with Crippen LogP contribution in [0.3, 0.4) is 0 Å². The molecule has 1 atom stereocenters. The highest BCUT2D eigenvalue weighted by Crippen LogP contribution is 2.27. The third-order valence-electron chi connectivity index (χ3n) is 3.21. The van der Waals surface area contributed by atoms with Crippen LogP contribution in [0.4, 0.5) is 0 Å². The fraction of sp³-hybridized carbons (Fsp3) is 0.833. The topological polar surface area (TPSA) is 29.3 Å². The van der Waals surface area contributed by atoms with Crippen LogP contribution < -0.4 is 5.73 Å². The van der Waals surface area contributed by atoms with Gasteiger partial charge in [-0.15, -0.1) is 0 Å². The van der Waals surface area contributed by atoms with E-state index in [4.69, 9.17) is 5.73 Å². The Morgan fingerprint density at radius 2 is 2.00 bits per heavy atom. The molecule has 2 N–H and O–H groups in total. The Hall–Kier alpha value is -0.500. The van der Waals surface area contributed by atoms with E-state index in [1.807, 2.05) is 13.8 Å². The summed E-state index contributed by atoms with van der Waals surface area (Å²) in [5, 5.41) is 0. The Labute approximate surface area is 88.2 Å². The lowest BCUT2D eigenvalue weighted by atomic mass is 9.92. The van der Waals surface area contributed by atoms with Crippen molar-refractivity contribution in [1.29, 1.82) is 0 Å². The third-order valence-corrected chi connectivity index (χ3v) is 3.21. The SMILES string of the molecule is CC.CC1=C(N)CN2CCCCC2C1. The zero-order chi connectivity index (χ0) is 10.6. The van der Waals surface area contributed by atoms with Crippen LogP contribution in [0.5, 0.6) is 0 Å². The van der Waals surface area contributed by atoms with Crippen LogP contribution in [0.2, 0.25) is 0 Å². The first-order valence-electron chi connectivity index (χ1n) is 5.95. The molecule has 2 heteroatoms. The van der Waals surface area contributed by atoms with Gasteiger partial charge in [0.2, 0.25) is 0 Å². The van der Waals surface area contributed by atoms with Crippen LogP contribution in [-0.4, -0.2) is 24.0 Å². The lowest BCUT2D eigenvalue weighted by Gasteiger charge is -2.39. The molecule has 0 spiro atoms. The van der Waals surface area contributed by atoms with Gasteiger partial charge < -0.3 is 5.73 Å². The Balaban J connectivity index is 0.000000461.